The van der Waals surface area contributed by atoms with Gasteiger partial charge in [-0.25, -0.2) is 0 Å². The minimum absolute atomic E-state index is 0.0108. The predicted molar refractivity (Wildman–Crippen MR) is 405 cm³/mol. The first-order valence-corrected chi connectivity index (χ1v) is 40.7. The van der Waals surface area contributed by atoms with E-state index < -0.39 is 186 Å². The van der Waals surface area contributed by atoms with E-state index in [1.54, 1.807) is 34.6 Å². The summed E-state index contributed by atoms with van der Waals surface area (Å²) in [6.07, 6.45) is 0.0941. The van der Waals surface area contributed by atoms with E-state index in [1.807, 2.05) is 24.3 Å². The maximum absolute atomic E-state index is 15.0. The Morgan fingerprint density at radius 1 is 0.546 bits per heavy atom. The smallest absolute Gasteiger partial charge is 0.303 e. The van der Waals surface area contributed by atoms with Gasteiger partial charge in [-0.15, -0.1) is 0 Å². The van der Waals surface area contributed by atoms with Crippen LogP contribution < -0.4 is 74.9 Å². The lowest BCUT2D eigenvalue weighted by Gasteiger charge is -2.34. The number of carboxylic acid groups (broad SMARTS) is 1. The number of nitrogens with one attached hydrogen (secondary N) is 13. The van der Waals surface area contributed by atoms with E-state index >= 15 is 0 Å². The molecular weight excluding hydrogens is 1440 g/mol. The van der Waals surface area contributed by atoms with E-state index in [4.69, 9.17) is 5.73 Å². The van der Waals surface area contributed by atoms with Crippen molar-refractivity contribution in [2.45, 2.75) is 292 Å². The third-order valence-electron chi connectivity index (χ3n) is 20.9. The molecular formula is C74H120N14O18S2. The Morgan fingerprint density at radius 3 is 1.51 bits per heavy atom. The molecule has 108 heavy (non-hydrogen) atoms. The van der Waals surface area contributed by atoms with Gasteiger partial charge < -0.3 is 100 Å². The van der Waals surface area contributed by atoms with Gasteiger partial charge in [0, 0.05) is 35.9 Å². The van der Waals surface area contributed by atoms with Gasteiger partial charge in [-0.3, -0.25) is 62.3 Å². The molecule has 1 aromatic rings. The molecule has 2 saturated heterocycles. The number of piperidine rings is 1. The molecule has 2 aliphatic carbocycles. The lowest BCUT2D eigenvalue weighted by molar-refractivity contribution is -0.139. The molecule has 3 heterocycles. The Morgan fingerprint density at radius 2 is 1.00 bits per heavy atom. The summed E-state index contributed by atoms with van der Waals surface area (Å²) >= 11 is 2.73. The molecule has 2 bridgehead atoms. The van der Waals surface area contributed by atoms with Gasteiger partial charge >= 0.3 is 5.97 Å². The van der Waals surface area contributed by atoms with Crippen LogP contribution in [0, 0.1) is 29.1 Å². The highest BCUT2D eigenvalue weighted by molar-refractivity contribution is 7.98. The van der Waals surface area contributed by atoms with Crippen molar-refractivity contribution in [2.75, 3.05) is 24.6 Å². The molecule has 0 radical (unpaired) electrons. The molecule has 32 nitrogen and oxygen atoms in total. The van der Waals surface area contributed by atoms with Gasteiger partial charge in [-0.1, -0.05) is 71.7 Å². The summed E-state index contributed by atoms with van der Waals surface area (Å²) in [4.78, 5) is 184. The molecule has 2 saturated carbocycles. The maximum Gasteiger partial charge on any atom is 0.303 e. The first-order chi connectivity index (χ1) is 51.1. The second-order valence-electron chi connectivity index (χ2n) is 31.0. The van der Waals surface area contributed by atoms with Crippen LogP contribution in [0.3, 0.4) is 0 Å². The highest BCUT2D eigenvalue weighted by Crippen LogP contribution is 2.33. The number of aliphatic hydroxyl groups is 4. The van der Waals surface area contributed by atoms with E-state index in [0.717, 1.165) is 30.5 Å². The maximum atomic E-state index is 15.0. The number of benzene rings is 1. The van der Waals surface area contributed by atoms with E-state index in [-0.39, 0.29) is 80.5 Å². The fourth-order valence-electron chi connectivity index (χ4n) is 14.6. The second-order valence-corrected chi connectivity index (χ2v) is 33.1. The SMILES string of the molecule is CCC[C@@H]1NC(=O)[C@H](CC2CNC3NCCCC23)NC(=O)[C@H]([C@@H](C)O)NC(=O)[C@@H](C)NC(=O)[C@H](CC2CCC(O)CC2)NC(=O)[C@H](C(C)(C)C)NC(=O)CCSCc2cccc(c2)CSC[C@H](C(N)=O)NC(=O)[C@H]([C@@H](C)O)NC(=O)[C@H](CCC)NC(=O)[C@H](CC2CCC(O)CC2)NC(=O)[C@H](CCC(=O)O)NC1=O. The van der Waals surface area contributed by atoms with Crippen molar-refractivity contribution in [1.82, 2.24) is 69.1 Å². The van der Waals surface area contributed by atoms with Gasteiger partial charge in [0.25, 0.3) is 0 Å². The van der Waals surface area contributed by atoms with Crippen LogP contribution >= 0.6 is 23.5 Å². The lowest BCUT2D eigenvalue weighted by Crippen LogP contribution is -2.62. The molecule has 3 aliphatic heterocycles. The van der Waals surface area contributed by atoms with Gasteiger partial charge in [0.15, 0.2) is 0 Å². The van der Waals surface area contributed by atoms with E-state index in [0.29, 0.717) is 81.6 Å². The standard InChI is InChI=1S/C74H120N14O18S2/c1-9-13-50-65(98)81-52(26-27-58(94)95)66(99)82-54(33-43-20-24-48(92)25-21-43)69(102)80-51(14-10-2)67(100)88-60(41(5)90)72(105)85-56(62(75)96)38-108-37-45-16-11-15-44(31-45)36-107-30-28-57(93)86-61(74(6,7)8)73(106)84-53(32-42-18-22-47(91)23-19-42)68(101)78-39(3)64(97)87-59(40(4)89)71(104)83-55(70(103)79-50)34-46-35-77-63-49(46)17-12-29-76-63/h11,15-16,31,39-43,46-56,59-61,63,76-77,89-92H,9-10,12-14,17-30,32-38H2,1-8H3,(H2,75,96)(H,78,101)(H,79,103)(H,80,102)(H,81,98)(H,82,99)(H,83,104)(H,84,106)(H,85,105)(H,86,93)(H,87,97)(H,88,100)(H,94,95)/t39-,40-,41-,42?,43?,46?,47?,48?,49?,50+,51+,52+,53+,54+,55+,56-,59+,60+,61-,63?/m1/s1. The number of fused-ring (bicyclic) bond motifs is 3. The summed E-state index contributed by atoms with van der Waals surface area (Å²) < 4.78 is 0. The number of thioether (sulfide) groups is 2. The molecule has 6 rings (SSSR count). The second kappa shape index (κ2) is 44.0. The first kappa shape index (κ1) is 89.7. The molecule has 0 aromatic heterocycles. The zero-order valence-corrected chi connectivity index (χ0v) is 65.3. The number of aliphatic hydroxyl groups excluding tert-OH is 4. The third kappa shape index (κ3) is 28.9. The van der Waals surface area contributed by atoms with Crippen LogP contribution in [0.15, 0.2) is 24.3 Å². The van der Waals surface area contributed by atoms with Crippen molar-refractivity contribution < 1.29 is 87.9 Å². The zero-order chi connectivity index (χ0) is 79.5. The van der Waals surface area contributed by atoms with E-state index in [1.165, 1.54) is 44.3 Å². The van der Waals surface area contributed by atoms with E-state index in [2.05, 4.69) is 69.1 Å². The Kier molecular flexibility index (Phi) is 36.5. The minimum Gasteiger partial charge on any atom is -0.481 e. The Labute approximate surface area is 641 Å². The Bertz CT molecular complexity index is 3220. The van der Waals surface area contributed by atoms with Crippen molar-refractivity contribution in [3.63, 3.8) is 0 Å². The fourth-order valence-corrected chi connectivity index (χ4v) is 16.5. The average molecular weight is 1560 g/mol. The number of carboxylic acids is 1. The summed E-state index contributed by atoms with van der Waals surface area (Å²) in [6, 6.07) is -8.37. The third-order valence-corrected chi connectivity index (χ3v) is 23.0. The predicted octanol–water partition coefficient (Wildman–Crippen LogP) is -0.515. The molecule has 1 aromatic carbocycles. The average Bonchev–Trinajstić information content (AvgIpc) is 1.61. The summed E-state index contributed by atoms with van der Waals surface area (Å²) in [5.74, 6) is -11.2. The zero-order valence-electron chi connectivity index (χ0n) is 63.7. The molecule has 16 atom stereocenters. The number of nitrogens with two attached hydrogens (primary N) is 1. The molecule has 20 N–H and O–H groups in total. The van der Waals surface area contributed by atoms with E-state index in [9.17, 15) is 87.9 Å². The van der Waals surface area contributed by atoms with Crippen LogP contribution in [0.1, 0.15) is 195 Å². The van der Waals surface area contributed by atoms with Crippen molar-refractivity contribution >= 4 is 100 Å². The van der Waals surface area contributed by atoms with Crippen molar-refractivity contribution in [3.05, 3.63) is 35.4 Å². The van der Waals surface area contributed by atoms with Crippen LogP contribution in [0.5, 0.6) is 0 Å². The normalized spacial score (nSPS) is 32.0. The largest absolute Gasteiger partial charge is 0.481 e. The van der Waals surface area contributed by atoms with Crippen LogP contribution in [0.2, 0.25) is 0 Å². The van der Waals surface area contributed by atoms with Crippen molar-refractivity contribution in [1.29, 1.82) is 0 Å². The summed E-state index contributed by atoms with van der Waals surface area (Å²) in [5, 5.41) is 89.2. The monoisotopic (exact) mass is 1560 g/mol. The molecule has 34 heteroatoms. The van der Waals surface area contributed by atoms with Crippen molar-refractivity contribution in [2.24, 2.45) is 34.8 Å². The van der Waals surface area contributed by atoms with Crippen LogP contribution in [-0.4, -0.2) is 224 Å². The number of carbonyl (C=O) groups is 13. The van der Waals surface area contributed by atoms with Crippen LogP contribution in [0.25, 0.3) is 0 Å². The Balaban J connectivity index is 1.33. The number of aliphatic carboxylic acids is 1. The molecule has 5 aliphatic rings. The first-order valence-electron chi connectivity index (χ1n) is 38.4. The molecule has 0 spiro atoms. The molecule has 4 fully saturated rings. The highest BCUT2D eigenvalue weighted by atomic mass is 32.2. The summed E-state index contributed by atoms with van der Waals surface area (Å²) in [5.41, 5.74) is 6.68. The molecule has 606 valence electrons. The molecule has 12 amide bonds. The van der Waals surface area contributed by atoms with Crippen LogP contribution in [0.4, 0.5) is 0 Å². The topological polar surface area (TPSA) is 505 Å². The van der Waals surface area contributed by atoms with Crippen LogP contribution in [-0.2, 0) is 73.8 Å². The van der Waals surface area contributed by atoms with Gasteiger partial charge in [0.1, 0.15) is 66.5 Å². The summed E-state index contributed by atoms with van der Waals surface area (Å²) in [7, 11) is 0. The number of hydrogen-bond donors (Lipinski definition) is 19. The number of rotatable bonds is 16. The van der Waals surface area contributed by atoms with Gasteiger partial charge in [0.05, 0.1) is 30.6 Å². The number of primary amides is 1. The Hall–Kier alpha value is -7.21. The number of hydrogen-bond acceptors (Lipinski definition) is 21. The quantitative estimate of drug-likeness (QED) is 0.0990. The lowest BCUT2D eigenvalue weighted by atomic mass is 9.82. The van der Waals surface area contributed by atoms with Gasteiger partial charge in [-0.05, 0) is 177 Å². The van der Waals surface area contributed by atoms with Gasteiger partial charge in [-0.2, -0.15) is 23.5 Å². The van der Waals surface area contributed by atoms with Crippen molar-refractivity contribution in [3.8, 4) is 0 Å². The minimum atomic E-state index is -1.75. The fraction of sp³-hybridized carbons (Fsp3) is 0.743. The summed E-state index contributed by atoms with van der Waals surface area (Å²) in [6.45, 7) is 13.7. The number of carbonyl (C=O) groups excluding carboxylic acids is 12. The number of amides is 12. The van der Waals surface area contributed by atoms with Gasteiger partial charge in [0.2, 0.25) is 70.9 Å². The highest BCUT2D eigenvalue weighted by Gasteiger charge is 2.44. The molecule has 3 unspecified atom stereocenters.